The van der Waals surface area contributed by atoms with E-state index < -0.39 is 0 Å². The van der Waals surface area contributed by atoms with Gasteiger partial charge in [-0.05, 0) is 30.5 Å². The van der Waals surface area contributed by atoms with Crippen molar-refractivity contribution in [2.24, 2.45) is 5.73 Å². The van der Waals surface area contributed by atoms with Crippen molar-refractivity contribution in [2.75, 3.05) is 12.3 Å². The first-order valence-electron chi connectivity index (χ1n) is 4.97. The van der Waals surface area contributed by atoms with Gasteiger partial charge in [0.05, 0.1) is 5.69 Å². The molecule has 1 aliphatic rings. The molecule has 0 spiro atoms. The van der Waals surface area contributed by atoms with Crippen molar-refractivity contribution in [1.82, 2.24) is 0 Å². The van der Waals surface area contributed by atoms with Gasteiger partial charge in [-0.3, -0.25) is 0 Å². The minimum Gasteiger partial charge on any atom is -0.506 e. The summed E-state index contributed by atoms with van der Waals surface area (Å²) < 4.78 is 0. The van der Waals surface area contributed by atoms with E-state index in [4.69, 9.17) is 11.5 Å². The van der Waals surface area contributed by atoms with Gasteiger partial charge in [-0.1, -0.05) is 12.5 Å². The number of rotatable bonds is 2. The first-order valence-corrected chi connectivity index (χ1v) is 4.97. The van der Waals surface area contributed by atoms with Crippen LogP contribution in [-0.4, -0.2) is 11.7 Å². The summed E-state index contributed by atoms with van der Waals surface area (Å²) in [4.78, 5) is 0. The Balaban J connectivity index is 2.36. The first-order chi connectivity index (χ1) is 6.68. The van der Waals surface area contributed by atoms with Gasteiger partial charge in [-0.2, -0.15) is 0 Å². The molecule has 0 saturated heterocycles. The molecule has 1 aromatic rings. The summed E-state index contributed by atoms with van der Waals surface area (Å²) >= 11 is 0. The molecule has 3 nitrogen and oxygen atoms in total. The zero-order chi connectivity index (χ0) is 10.2. The van der Waals surface area contributed by atoms with Crippen molar-refractivity contribution in [3.63, 3.8) is 0 Å². The van der Waals surface area contributed by atoms with E-state index in [0.717, 1.165) is 12.8 Å². The largest absolute Gasteiger partial charge is 0.506 e. The van der Waals surface area contributed by atoms with Crippen molar-refractivity contribution in [3.8, 4) is 5.75 Å². The fourth-order valence-electron chi connectivity index (χ4n) is 2.10. The smallest absolute Gasteiger partial charge is 0.138 e. The Bertz CT molecular complexity index is 340. The summed E-state index contributed by atoms with van der Waals surface area (Å²) in [6.45, 7) is 0.664. The van der Waals surface area contributed by atoms with Crippen LogP contribution in [0.15, 0.2) is 18.2 Å². The third kappa shape index (κ3) is 1.24. The highest BCUT2D eigenvalue weighted by Gasteiger charge is 2.37. The molecule has 0 radical (unpaired) electrons. The van der Waals surface area contributed by atoms with Crippen molar-refractivity contribution in [1.29, 1.82) is 0 Å². The third-order valence-electron chi connectivity index (χ3n) is 3.34. The van der Waals surface area contributed by atoms with Crippen molar-refractivity contribution in [2.45, 2.75) is 24.7 Å². The van der Waals surface area contributed by atoms with E-state index in [1.54, 1.807) is 6.07 Å². The van der Waals surface area contributed by atoms with Crippen LogP contribution in [0.5, 0.6) is 5.75 Å². The second-order valence-electron chi connectivity index (χ2n) is 4.11. The Kier molecular flexibility index (Phi) is 2.11. The van der Waals surface area contributed by atoms with Crippen LogP contribution in [-0.2, 0) is 5.41 Å². The van der Waals surface area contributed by atoms with Gasteiger partial charge >= 0.3 is 0 Å². The van der Waals surface area contributed by atoms with Crippen molar-refractivity contribution >= 4 is 5.69 Å². The van der Waals surface area contributed by atoms with Crippen molar-refractivity contribution < 1.29 is 5.11 Å². The van der Waals surface area contributed by atoms with Gasteiger partial charge in [-0.25, -0.2) is 0 Å². The summed E-state index contributed by atoms with van der Waals surface area (Å²) in [6, 6.07) is 5.43. The van der Waals surface area contributed by atoms with Gasteiger partial charge in [0.25, 0.3) is 0 Å². The predicted molar refractivity (Wildman–Crippen MR) is 57.1 cm³/mol. The van der Waals surface area contributed by atoms with Gasteiger partial charge in [-0.15, -0.1) is 0 Å². The lowest BCUT2D eigenvalue weighted by Crippen LogP contribution is -2.41. The second kappa shape index (κ2) is 3.17. The zero-order valence-electron chi connectivity index (χ0n) is 8.16. The van der Waals surface area contributed by atoms with E-state index in [1.807, 2.05) is 12.1 Å². The van der Waals surface area contributed by atoms with Crippen LogP contribution >= 0.6 is 0 Å². The van der Waals surface area contributed by atoms with Crippen LogP contribution in [0.1, 0.15) is 24.8 Å². The normalized spacial score (nSPS) is 18.9. The molecular weight excluding hydrogens is 176 g/mol. The van der Waals surface area contributed by atoms with Crippen molar-refractivity contribution in [3.05, 3.63) is 23.8 Å². The molecule has 0 aromatic heterocycles. The molecule has 0 bridgehead atoms. The highest BCUT2D eigenvalue weighted by molar-refractivity contribution is 5.55. The van der Waals surface area contributed by atoms with Gasteiger partial charge < -0.3 is 16.6 Å². The SMILES string of the molecule is NCC1(c2ccc(O)c(N)c2)CCC1. The van der Waals surface area contributed by atoms with Crippen LogP contribution < -0.4 is 11.5 Å². The van der Waals surface area contributed by atoms with Crippen LogP contribution in [0, 0.1) is 0 Å². The van der Waals surface area contributed by atoms with Crippen LogP contribution in [0.3, 0.4) is 0 Å². The first kappa shape index (κ1) is 9.34. The van der Waals surface area contributed by atoms with Crippen LogP contribution in [0.4, 0.5) is 5.69 Å². The topological polar surface area (TPSA) is 72.3 Å². The number of hydrogen-bond donors (Lipinski definition) is 3. The Morgan fingerprint density at radius 1 is 1.36 bits per heavy atom. The van der Waals surface area contributed by atoms with E-state index in [9.17, 15) is 5.11 Å². The molecule has 0 atom stereocenters. The molecule has 76 valence electrons. The summed E-state index contributed by atoms with van der Waals surface area (Å²) in [5.74, 6) is 0.153. The number of nitrogens with two attached hydrogens (primary N) is 2. The molecule has 0 unspecified atom stereocenters. The lowest BCUT2D eigenvalue weighted by molar-refractivity contribution is 0.253. The zero-order valence-corrected chi connectivity index (χ0v) is 8.16. The number of aromatic hydroxyl groups is 1. The van der Waals surface area contributed by atoms with E-state index >= 15 is 0 Å². The maximum Gasteiger partial charge on any atom is 0.138 e. The summed E-state index contributed by atoms with van der Waals surface area (Å²) in [6.07, 6.45) is 3.50. The number of phenolic OH excluding ortho intramolecular Hbond substituents is 1. The van der Waals surface area contributed by atoms with Crippen LogP contribution in [0.25, 0.3) is 0 Å². The molecule has 14 heavy (non-hydrogen) atoms. The number of hydrogen-bond acceptors (Lipinski definition) is 3. The maximum atomic E-state index is 9.32. The second-order valence-corrected chi connectivity index (χ2v) is 4.11. The average molecular weight is 192 g/mol. The Morgan fingerprint density at radius 2 is 2.07 bits per heavy atom. The number of benzene rings is 1. The minimum absolute atomic E-state index is 0.127. The number of nitrogen functional groups attached to an aromatic ring is 1. The maximum absolute atomic E-state index is 9.32. The van der Waals surface area contributed by atoms with Crippen LogP contribution in [0.2, 0.25) is 0 Å². The molecular formula is C11H16N2O. The molecule has 2 rings (SSSR count). The molecule has 1 aromatic carbocycles. The number of anilines is 1. The lowest BCUT2D eigenvalue weighted by atomic mass is 9.64. The lowest BCUT2D eigenvalue weighted by Gasteiger charge is -2.41. The molecule has 5 N–H and O–H groups in total. The molecule has 0 heterocycles. The van der Waals surface area contributed by atoms with E-state index in [0.29, 0.717) is 12.2 Å². The predicted octanol–water partition coefficient (Wildman–Crippen LogP) is 1.35. The van der Waals surface area contributed by atoms with Gasteiger partial charge in [0.1, 0.15) is 5.75 Å². The highest BCUT2D eigenvalue weighted by Crippen LogP contribution is 2.44. The fourth-order valence-corrected chi connectivity index (χ4v) is 2.10. The third-order valence-corrected chi connectivity index (χ3v) is 3.34. The van der Waals surface area contributed by atoms with Gasteiger partial charge in [0.2, 0.25) is 0 Å². The minimum atomic E-state index is 0.127. The summed E-state index contributed by atoms with van der Waals surface area (Å²) in [7, 11) is 0. The fraction of sp³-hybridized carbons (Fsp3) is 0.455. The van der Waals surface area contributed by atoms with E-state index in [-0.39, 0.29) is 11.2 Å². The molecule has 1 aliphatic carbocycles. The Morgan fingerprint density at radius 3 is 2.50 bits per heavy atom. The quantitative estimate of drug-likeness (QED) is 0.489. The molecule has 0 aliphatic heterocycles. The monoisotopic (exact) mass is 192 g/mol. The standard InChI is InChI=1S/C11H16N2O/c12-7-11(4-1-5-11)8-2-3-10(14)9(13)6-8/h2-3,6,14H,1,4-5,7,12-13H2. The molecule has 3 heteroatoms. The molecule has 0 amide bonds. The molecule has 1 saturated carbocycles. The van der Waals surface area contributed by atoms with Gasteiger partial charge in [0, 0.05) is 12.0 Å². The van der Waals surface area contributed by atoms with E-state index in [2.05, 4.69) is 0 Å². The summed E-state index contributed by atoms with van der Waals surface area (Å²) in [5.41, 5.74) is 13.2. The highest BCUT2D eigenvalue weighted by atomic mass is 16.3. The Labute approximate surface area is 83.7 Å². The van der Waals surface area contributed by atoms with Gasteiger partial charge in [0.15, 0.2) is 0 Å². The number of phenols is 1. The van der Waals surface area contributed by atoms with E-state index in [1.165, 1.54) is 12.0 Å². The Hall–Kier alpha value is -1.22. The average Bonchev–Trinajstić information content (AvgIpc) is 2.10. The summed E-state index contributed by atoms with van der Waals surface area (Å²) in [5, 5.41) is 9.32. The molecule has 1 fully saturated rings.